The van der Waals surface area contributed by atoms with Gasteiger partial charge in [0.15, 0.2) is 0 Å². The summed E-state index contributed by atoms with van der Waals surface area (Å²) < 4.78 is 0. The third-order valence-electron chi connectivity index (χ3n) is 7.57. The third kappa shape index (κ3) is 1.73. The van der Waals surface area contributed by atoms with Crippen LogP contribution < -0.4 is 0 Å². The molecule has 0 radical (unpaired) electrons. The summed E-state index contributed by atoms with van der Waals surface area (Å²) in [5, 5.41) is 0. The highest BCUT2D eigenvalue weighted by molar-refractivity contribution is 6.69. The van der Waals surface area contributed by atoms with Crippen molar-refractivity contribution >= 4 is 6.85 Å². The summed E-state index contributed by atoms with van der Waals surface area (Å²) in [6, 6.07) is 0.485. The molecule has 132 valence electrons. The first-order chi connectivity index (χ1) is 13.4. The van der Waals surface area contributed by atoms with Crippen molar-refractivity contribution in [1.29, 1.82) is 0 Å². The van der Waals surface area contributed by atoms with Crippen molar-refractivity contribution in [3.8, 4) is 0 Å². The molecular weight excluding hydrogens is 327 g/mol. The minimum Gasteiger partial charge on any atom is -0.403 e. The number of hydrogen-bond donors (Lipinski definition) is 0. The molecule has 0 aromatic rings. The van der Waals surface area contributed by atoms with Gasteiger partial charge in [-0.15, -0.1) is 0 Å². The highest BCUT2D eigenvalue weighted by Gasteiger charge is 2.54. The molecule has 3 heteroatoms. The molecular formula is C24H23BN2. The Morgan fingerprint density at radius 1 is 0.889 bits per heavy atom. The molecule has 27 heavy (non-hydrogen) atoms. The molecule has 3 aliphatic carbocycles. The summed E-state index contributed by atoms with van der Waals surface area (Å²) in [4.78, 5) is 5.49. The van der Waals surface area contributed by atoms with Crippen LogP contribution in [0.25, 0.3) is 0 Å². The summed E-state index contributed by atoms with van der Waals surface area (Å²) in [5.74, 6) is 1.25. The zero-order valence-corrected chi connectivity index (χ0v) is 15.5. The van der Waals surface area contributed by atoms with Gasteiger partial charge in [-0.05, 0) is 47.8 Å². The van der Waals surface area contributed by atoms with E-state index in [0.717, 1.165) is 19.4 Å². The largest absolute Gasteiger partial charge is 0.403 e. The van der Waals surface area contributed by atoms with Crippen LogP contribution in [0.15, 0.2) is 94.3 Å². The van der Waals surface area contributed by atoms with Gasteiger partial charge in [0.2, 0.25) is 0 Å². The average Bonchev–Trinajstić information content (AvgIpc) is 3.12. The van der Waals surface area contributed by atoms with E-state index in [-0.39, 0.29) is 0 Å². The Hall–Kier alpha value is -2.42. The van der Waals surface area contributed by atoms with Crippen molar-refractivity contribution in [2.24, 2.45) is 5.92 Å². The monoisotopic (exact) mass is 350 g/mol. The predicted molar refractivity (Wildman–Crippen MR) is 111 cm³/mol. The molecule has 0 bridgehead atoms. The second kappa shape index (κ2) is 5.10. The second-order valence-corrected chi connectivity index (χ2v) is 8.79. The van der Waals surface area contributed by atoms with Crippen molar-refractivity contribution in [2.75, 3.05) is 13.1 Å². The molecule has 0 saturated carbocycles. The fraction of sp³-hybridized carbons (Fsp3) is 0.333. The molecule has 3 atom stereocenters. The number of allylic oxidation sites excluding steroid dienone is 10. The van der Waals surface area contributed by atoms with Crippen LogP contribution >= 0.6 is 0 Å². The SMILES string of the molecule is C1=CCC2B3C4=C5C6=C(C=CCC6CN5CC=C4)N3C3CC=CC=C3C2=C1. The van der Waals surface area contributed by atoms with Crippen molar-refractivity contribution < 1.29 is 0 Å². The molecule has 2 nitrogen and oxygen atoms in total. The highest BCUT2D eigenvalue weighted by Crippen LogP contribution is 2.55. The minimum absolute atomic E-state index is 0.476. The smallest absolute Gasteiger partial charge is 0.299 e. The van der Waals surface area contributed by atoms with E-state index in [0.29, 0.717) is 24.6 Å². The first-order valence-corrected chi connectivity index (χ1v) is 10.5. The summed E-state index contributed by atoms with van der Waals surface area (Å²) in [5.41, 5.74) is 9.53. The Morgan fingerprint density at radius 2 is 1.78 bits per heavy atom. The Bertz CT molecular complexity index is 919. The molecule has 0 aromatic heterocycles. The second-order valence-electron chi connectivity index (χ2n) is 8.79. The number of nitrogens with zero attached hydrogens (tertiary/aromatic N) is 2. The van der Waals surface area contributed by atoms with Crippen LogP contribution in [-0.4, -0.2) is 35.7 Å². The number of rotatable bonds is 0. The maximum absolute atomic E-state index is 2.83. The molecule has 3 unspecified atom stereocenters. The molecule has 2 saturated heterocycles. The van der Waals surface area contributed by atoms with Gasteiger partial charge in [-0.25, -0.2) is 0 Å². The summed E-state index contributed by atoms with van der Waals surface area (Å²) in [6.45, 7) is 2.76. The standard InChI is InChI=1S/C24H23BN2/c1-3-10-19-17(8-1)18-9-2-4-12-21(18)27-22-13-5-7-16-15-26-14-6-11-20(25(19)27)24(26)23(16)22/h1-6,8-9,11,13,16,19,21H,7,10,12,14-15H2. The van der Waals surface area contributed by atoms with Gasteiger partial charge in [0.05, 0.1) is 0 Å². The van der Waals surface area contributed by atoms with Gasteiger partial charge in [-0.1, -0.05) is 54.7 Å². The molecule has 0 N–H and O–H groups in total. The van der Waals surface area contributed by atoms with E-state index < -0.39 is 0 Å². The summed E-state index contributed by atoms with van der Waals surface area (Å²) in [6.07, 6.45) is 27.3. The lowest BCUT2D eigenvalue weighted by Gasteiger charge is -2.54. The van der Waals surface area contributed by atoms with E-state index in [1.165, 1.54) is 18.7 Å². The maximum Gasteiger partial charge on any atom is 0.299 e. The zero-order valence-electron chi connectivity index (χ0n) is 15.5. The van der Waals surface area contributed by atoms with E-state index >= 15 is 0 Å². The fourth-order valence-electron chi connectivity index (χ4n) is 6.62. The van der Waals surface area contributed by atoms with Gasteiger partial charge in [-0.3, -0.25) is 0 Å². The van der Waals surface area contributed by atoms with Crippen molar-refractivity contribution in [2.45, 2.75) is 31.1 Å². The van der Waals surface area contributed by atoms with Crippen molar-refractivity contribution in [1.82, 2.24) is 9.71 Å². The van der Waals surface area contributed by atoms with Gasteiger partial charge < -0.3 is 9.71 Å². The van der Waals surface area contributed by atoms with Gasteiger partial charge in [0.25, 0.3) is 6.85 Å². The molecule has 7 aliphatic rings. The lowest BCUT2D eigenvalue weighted by atomic mass is 9.36. The van der Waals surface area contributed by atoms with Crippen LogP contribution in [-0.2, 0) is 0 Å². The Labute approximate surface area is 161 Å². The van der Waals surface area contributed by atoms with Crippen molar-refractivity contribution in [3.05, 3.63) is 94.3 Å². The summed E-state index contributed by atoms with van der Waals surface area (Å²) >= 11 is 0. The normalized spacial score (nSPS) is 34.4. The van der Waals surface area contributed by atoms with Gasteiger partial charge >= 0.3 is 0 Å². The molecule has 2 fully saturated rings. The predicted octanol–water partition coefficient (Wildman–Crippen LogP) is 4.33. The van der Waals surface area contributed by atoms with E-state index in [2.05, 4.69) is 70.5 Å². The van der Waals surface area contributed by atoms with Crippen LogP contribution in [0, 0.1) is 5.92 Å². The average molecular weight is 350 g/mol. The molecule has 0 aromatic carbocycles. The Morgan fingerprint density at radius 3 is 2.74 bits per heavy atom. The highest BCUT2D eigenvalue weighted by atomic mass is 15.2. The molecule has 4 heterocycles. The first-order valence-electron chi connectivity index (χ1n) is 10.5. The van der Waals surface area contributed by atoms with Crippen molar-refractivity contribution in [3.63, 3.8) is 0 Å². The quantitative estimate of drug-likeness (QED) is 0.600. The van der Waals surface area contributed by atoms with Gasteiger partial charge in [0.1, 0.15) is 0 Å². The van der Waals surface area contributed by atoms with Crippen LogP contribution in [0.1, 0.15) is 19.3 Å². The number of hydrogen-bond acceptors (Lipinski definition) is 2. The van der Waals surface area contributed by atoms with E-state index in [9.17, 15) is 0 Å². The van der Waals surface area contributed by atoms with Gasteiger partial charge in [0, 0.05) is 42.0 Å². The van der Waals surface area contributed by atoms with Crippen LogP contribution in [0.5, 0.6) is 0 Å². The molecule has 7 rings (SSSR count). The molecule has 0 amide bonds. The Kier molecular flexibility index (Phi) is 2.76. The maximum atomic E-state index is 2.83. The van der Waals surface area contributed by atoms with Gasteiger partial charge in [-0.2, -0.15) is 0 Å². The van der Waals surface area contributed by atoms with Crippen LogP contribution in [0.4, 0.5) is 0 Å². The molecule has 0 spiro atoms. The lowest BCUT2D eigenvalue weighted by molar-refractivity contribution is 0.395. The van der Waals surface area contributed by atoms with Crippen LogP contribution in [0.2, 0.25) is 5.82 Å². The third-order valence-corrected chi connectivity index (χ3v) is 7.57. The van der Waals surface area contributed by atoms with E-state index in [1.807, 2.05) is 0 Å². The zero-order chi connectivity index (χ0) is 17.5. The number of fused-ring (bicyclic) bond motifs is 8. The lowest BCUT2D eigenvalue weighted by Crippen LogP contribution is -2.57. The molecule has 4 aliphatic heterocycles. The topological polar surface area (TPSA) is 6.48 Å². The van der Waals surface area contributed by atoms with E-state index in [1.54, 1.807) is 27.9 Å². The first kappa shape index (κ1) is 14.6. The fourth-order valence-corrected chi connectivity index (χ4v) is 6.62. The minimum atomic E-state index is 0.476. The Balaban J connectivity index is 1.51. The van der Waals surface area contributed by atoms with Crippen LogP contribution in [0.3, 0.4) is 0 Å². The summed E-state index contributed by atoms with van der Waals surface area (Å²) in [7, 11) is 0. The van der Waals surface area contributed by atoms with E-state index in [4.69, 9.17) is 0 Å².